The molecule has 1 aromatic heterocycles. The summed E-state index contributed by atoms with van der Waals surface area (Å²) in [5, 5.41) is 11.8. The fraction of sp³-hybridized carbons (Fsp3) is 0.643. The number of urea groups is 1. The van der Waals surface area contributed by atoms with Gasteiger partial charge in [0.1, 0.15) is 6.04 Å². The number of carboxylic acid groups (broad SMARTS) is 1. The van der Waals surface area contributed by atoms with Crippen LogP contribution in [-0.4, -0.2) is 51.1 Å². The van der Waals surface area contributed by atoms with E-state index < -0.39 is 12.0 Å². The van der Waals surface area contributed by atoms with E-state index >= 15 is 0 Å². The molecule has 0 aromatic carbocycles. The van der Waals surface area contributed by atoms with E-state index in [1.807, 2.05) is 0 Å². The van der Waals surface area contributed by atoms with Gasteiger partial charge < -0.3 is 20.3 Å². The molecule has 2 unspecified atom stereocenters. The minimum atomic E-state index is -1.05. The van der Waals surface area contributed by atoms with E-state index in [-0.39, 0.29) is 12.5 Å². The van der Waals surface area contributed by atoms with Crippen LogP contribution in [0.5, 0.6) is 0 Å². The Balaban J connectivity index is 1.93. The van der Waals surface area contributed by atoms with Crippen LogP contribution in [0.4, 0.5) is 4.79 Å². The van der Waals surface area contributed by atoms with Crippen molar-refractivity contribution in [3.8, 4) is 0 Å². The summed E-state index contributed by atoms with van der Waals surface area (Å²) in [6, 6.07) is -1.26. The normalized spacial score (nSPS) is 23.6. The predicted molar refractivity (Wildman–Crippen MR) is 76.8 cm³/mol. The summed E-state index contributed by atoms with van der Waals surface area (Å²) in [6.07, 6.45) is 4.20. The second-order valence-electron chi connectivity index (χ2n) is 5.81. The van der Waals surface area contributed by atoms with Gasteiger partial charge in [0, 0.05) is 31.4 Å². The van der Waals surface area contributed by atoms with Gasteiger partial charge in [-0.2, -0.15) is 0 Å². The number of H-pyrrole nitrogens is 1. The number of carbonyl (C=O) groups excluding carboxylic acids is 1. The number of piperidine rings is 1. The third-order valence-corrected chi connectivity index (χ3v) is 4.20. The summed E-state index contributed by atoms with van der Waals surface area (Å²) in [5.41, 5.74) is 0.684. The molecule has 1 saturated heterocycles. The number of rotatable bonds is 4. The molecule has 0 saturated carbocycles. The lowest BCUT2D eigenvalue weighted by molar-refractivity contribution is -0.139. The number of carbonyl (C=O) groups is 2. The maximum atomic E-state index is 12.2. The third kappa shape index (κ3) is 3.96. The molecular formula is C14H22N4O3. The number of amides is 2. The number of hydrogen-bond donors (Lipinski definition) is 3. The highest BCUT2D eigenvalue weighted by Crippen LogP contribution is 2.22. The van der Waals surface area contributed by atoms with Gasteiger partial charge in [0.15, 0.2) is 0 Å². The Kier molecular flexibility index (Phi) is 4.82. The van der Waals surface area contributed by atoms with Crippen LogP contribution in [0, 0.1) is 11.8 Å². The van der Waals surface area contributed by atoms with Crippen molar-refractivity contribution in [1.29, 1.82) is 0 Å². The van der Waals surface area contributed by atoms with Gasteiger partial charge >= 0.3 is 12.0 Å². The summed E-state index contributed by atoms with van der Waals surface area (Å²) in [5.74, 6) is -0.0222. The molecule has 0 bridgehead atoms. The van der Waals surface area contributed by atoms with Gasteiger partial charge in [-0.25, -0.2) is 14.6 Å². The predicted octanol–water partition coefficient (Wildman–Crippen LogP) is 1.09. The quantitative estimate of drug-likeness (QED) is 0.774. The third-order valence-electron chi connectivity index (χ3n) is 4.20. The van der Waals surface area contributed by atoms with Crippen molar-refractivity contribution in [1.82, 2.24) is 20.2 Å². The minimum absolute atomic E-state index is 0.195. The van der Waals surface area contributed by atoms with Crippen molar-refractivity contribution >= 4 is 12.0 Å². The SMILES string of the molecule is CC1CCN(C(=O)N[C@H](Cc2cnc[nH]2)C(=O)O)CC1C. The van der Waals surface area contributed by atoms with Gasteiger partial charge in [-0.1, -0.05) is 13.8 Å². The van der Waals surface area contributed by atoms with Crippen LogP contribution in [-0.2, 0) is 11.2 Å². The molecular weight excluding hydrogens is 272 g/mol. The highest BCUT2D eigenvalue weighted by Gasteiger charge is 2.29. The number of imidazole rings is 1. The fourth-order valence-electron chi connectivity index (χ4n) is 2.50. The van der Waals surface area contributed by atoms with Crippen LogP contribution in [0.3, 0.4) is 0 Å². The van der Waals surface area contributed by atoms with Crippen molar-refractivity contribution in [2.24, 2.45) is 11.8 Å². The van der Waals surface area contributed by atoms with Gasteiger partial charge in [0.2, 0.25) is 0 Å². The number of carboxylic acids is 1. The first-order valence-corrected chi connectivity index (χ1v) is 7.23. The topological polar surface area (TPSA) is 98.3 Å². The second kappa shape index (κ2) is 6.60. The Bertz CT molecular complexity index is 488. The van der Waals surface area contributed by atoms with E-state index in [0.29, 0.717) is 30.6 Å². The summed E-state index contributed by atoms with van der Waals surface area (Å²) in [7, 11) is 0. The molecule has 1 aliphatic heterocycles. The maximum absolute atomic E-state index is 12.2. The molecule has 1 aromatic rings. The number of likely N-dealkylation sites (tertiary alicyclic amines) is 1. The second-order valence-corrected chi connectivity index (χ2v) is 5.81. The average Bonchev–Trinajstić information content (AvgIpc) is 2.93. The fourth-order valence-corrected chi connectivity index (χ4v) is 2.50. The molecule has 116 valence electrons. The van der Waals surface area contributed by atoms with E-state index in [0.717, 1.165) is 6.42 Å². The molecule has 0 radical (unpaired) electrons. The molecule has 3 N–H and O–H groups in total. The van der Waals surface area contributed by atoms with Crippen molar-refractivity contribution in [3.63, 3.8) is 0 Å². The van der Waals surface area contributed by atoms with Crippen LogP contribution in [0.1, 0.15) is 26.0 Å². The first-order valence-electron chi connectivity index (χ1n) is 7.23. The van der Waals surface area contributed by atoms with Crippen molar-refractivity contribution in [2.75, 3.05) is 13.1 Å². The molecule has 7 heteroatoms. The number of nitrogens with zero attached hydrogens (tertiary/aromatic N) is 2. The molecule has 2 amide bonds. The van der Waals surface area contributed by atoms with E-state index in [4.69, 9.17) is 0 Å². The lowest BCUT2D eigenvalue weighted by Crippen LogP contribution is -2.52. The number of aliphatic carboxylic acids is 1. The zero-order chi connectivity index (χ0) is 15.4. The standard InChI is InChI=1S/C14H22N4O3/c1-9-3-4-18(7-10(9)2)14(21)17-12(13(19)20)5-11-6-15-8-16-11/h6,8-10,12H,3-5,7H2,1-2H3,(H,15,16)(H,17,21)(H,19,20)/t9?,10?,12-/m1/s1. The van der Waals surface area contributed by atoms with E-state index in [1.165, 1.54) is 6.33 Å². The van der Waals surface area contributed by atoms with Crippen LogP contribution in [0.2, 0.25) is 0 Å². The molecule has 2 rings (SSSR count). The zero-order valence-electron chi connectivity index (χ0n) is 12.4. The van der Waals surface area contributed by atoms with E-state index in [9.17, 15) is 14.7 Å². The molecule has 0 spiro atoms. The smallest absolute Gasteiger partial charge is 0.326 e. The Hall–Kier alpha value is -2.05. The minimum Gasteiger partial charge on any atom is -0.480 e. The van der Waals surface area contributed by atoms with Gasteiger partial charge in [-0.3, -0.25) is 0 Å². The molecule has 0 aliphatic carbocycles. The molecule has 1 aliphatic rings. The van der Waals surface area contributed by atoms with Crippen LogP contribution < -0.4 is 5.32 Å². The van der Waals surface area contributed by atoms with Crippen molar-refractivity contribution < 1.29 is 14.7 Å². The monoisotopic (exact) mass is 294 g/mol. The summed E-state index contributed by atoms with van der Waals surface area (Å²) < 4.78 is 0. The summed E-state index contributed by atoms with van der Waals surface area (Å²) in [6.45, 7) is 5.64. The van der Waals surface area contributed by atoms with Crippen LogP contribution in [0.15, 0.2) is 12.5 Å². The van der Waals surface area contributed by atoms with Gasteiger partial charge in [0.25, 0.3) is 0 Å². The van der Waals surface area contributed by atoms with Gasteiger partial charge in [-0.15, -0.1) is 0 Å². The maximum Gasteiger partial charge on any atom is 0.326 e. The first kappa shape index (κ1) is 15.3. The van der Waals surface area contributed by atoms with Crippen LogP contribution >= 0.6 is 0 Å². The van der Waals surface area contributed by atoms with Crippen molar-refractivity contribution in [3.05, 3.63) is 18.2 Å². The number of nitrogens with one attached hydrogen (secondary N) is 2. The molecule has 2 heterocycles. The number of aromatic nitrogens is 2. The molecule has 21 heavy (non-hydrogen) atoms. The summed E-state index contributed by atoms with van der Waals surface area (Å²) >= 11 is 0. The Morgan fingerprint density at radius 1 is 1.52 bits per heavy atom. The number of aromatic amines is 1. The summed E-state index contributed by atoms with van der Waals surface area (Å²) in [4.78, 5) is 31.9. The Labute approximate surface area is 123 Å². The van der Waals surface area contributed by atoms with Crippen LogP contribution in [0.25, 0.3) is 0 Å². The lowest BCUT2D eigenvalue weighted by Gasteiger charge is -2.35. The highest BCUT2D eigenvalue weighted by atomic mass is 16.4. The average molecular weight is 294 g/mol. The van der Waals surface area contributed by atoms with E-state index in [1.54, 1.807) is 11.1 Å². The van der Waals surface area contributed by atoms with Crippen molar-refractivity contribution in [2.45, 2.75) is 32.7 Å². The Morgan fingerprint density at radius 3 is 2.86 bits per heavy atom. The number of hydrogen-bond acceptors (Lipinski definition) is 3. The molecule has 7 nitrogen and oxygen atoms in total. The van der Waals surface area contributed by atoms with Gasteiger partial charge in [-0.05, 0) is 18.3 Å². The highest BCUT2D eigenvalue weighted by molar-refractivity contribution is 5.82. The molecule has 1 fully saturated rings. The van der Waals surface area contributed by atoms with E-state index in [2.05, 4.69) is 29.1 Å². The molecule has 3 atom stereocenters. The lowest BCUT2D eigenvalue weighted by atomic mass is 9.89. The largest absolute Gasteiger partial charge is 0.480 e. The van der Waals surface area contributed by atoms with Gasteiger partial charge in [0.05, 0.1) is 6.33 Å². The zero-order valence-corrected chi connectivity index (χ0v) is 12.4. The Morgan fingerprint density at radius 2 is 2.29 bits per heavy atom. The first-order chi connectivity index (χ1) is 9.97.